The van der Waals surface area contributed by atoms with E-state index in [4.69, 9.17) is 0 Å². The van der Waals surface area contributed by atoms with Crippen molar-refractivity contribution >= 4 is 0 Å². The first kappa shape index (κ1) is 9.21. The van der Waals surface area contributed by atoms with E-state index in [2.05, 4.69) is 14.8 Å². The van der Waals surface area contributed by atoms with Crippen molar-refractivity contribution in [3.63, 3.8) is 0 Å². The largest absolute Gasteiger partial charge is 0.586 e. The number of alkyl halides is 2. The van der Waals surface area contributed by atoms with Crippen LogP contribution in [-0.2, 0) is 6.54 Å². The zero-order valence-electron chi connectivity index (χ0n) is 7.51. The summed E-state index contributed by atoms with van der Waals surface area (Å²) in [5, 5.41) is 2.91. The Morgan fingerprint density at radius 1 is 1.29 bits per heavy atom. The maximum absolute atomic E-state index is 12.6. The maximum atomic E-state index is 12.6. The smallest absolute Gasteiger partial charge is 0.395 e. The van der Waals surface area contributed by atoms with Crippen molar-refractivity contribution in [1.29, 1.82) is 0 Å². The second-order valence-electron chi connectivity index (χ2n) is 2.98. The molecule has 0 radical (unpaired) electrons. The summed E-state index contributed by atoms with van der Waals surface area (Å²) < 4.78 is 33.7. The van der Waals surface area contributed by atoms with Crippen LogP contribution in [0.3, 0.4) is 0 Å². The highest BCUT2D eigenvalue weighted by Gasteiger charge is 2.43. The number of halogens is 2. The molecule has 5 heteroatoms. The van der Waals surface area contributed by atoms with Crippen molar-refractivity contribution in [2.45, 2.75) is 12.8 Å². The van der Waals surface area contributed by atoms with Crippen LogP contribution in [0.4, 0.5) is 8.78 Å². The quantitative estimate of drug-likeness (QED) is 0.790. The van der Waals surface area contributed by atoms with Gasteiger partial charge in [0.1, 0.15) is 0 Å². The predicted octanol–water partition coefficient (Wildman–Crippen LogP) is 1.73. The van der Waals surface area contributed by atoms with Gasteiger partial charge in [0, 0.05) is 6.54 Å². The third-order valence-corrected chi connectivity index (χ3v) is 1.85. The van der Waals surface area contributed by atoms with Crippen LogP contribution >= 0.6 is 0 Å². The summed E-state index contributed by atoms with van der Waals surface area (Å²) in [4.78, 5) is 0. The van der Waals surface area contributed by atoms with Gasteiger partial charge in [-0.2, -0.15) is 0 Å². The highest BCUT2D eigenvalue weighted by atomic mass is 19.3. The standard InChI is InChI=1S/C9H9F2NO2/c1-12-5-6-2-3-7-8(4-6)14-9(10,11)13-7/h2-4,12H,5H2,1H3. The maximum Gasteiger partial charge on any atom is 0.586 e. The molecule has 1 heterocycles. The van der Waals surface area contributed by atoms with Gasteiger partial charge in [0.15, 0.2) is 11.5 Å². The minimum Gasteiger partial charge on any atom is -0.395 e. The minimum absolute atomic E-state index is 0.0786. The van der Waals surface area contributed by atoms with Crippen molar-refractivity contribution in [3.8, 4) is 11.5 Å². The number of fused-ring (bicyclic) bond motifs is 1. The number of ether oxygens (including phenoxy) is 2. The summed E-state index contributed by atoms with van der Waals surface area (Å²) in [5.74, 6) is 0.164. The van der Waals surface area contributed by atoms with Crippen LogP contribution in [0.5, 0.6) is 11.5 Å². The average molecular weight is 201 g/mol. The van der Waals surface area contributed by atoms with Crippen LogP contribution in [0.1, 0.15) is 5.56 Å². The van der Waals surface area contributed by atoms with E-state index in [1.807, 2.05) is 0 Å². The fraction of sp³-hybridized carbons (Fsp3) is 0.333. The van der Waals surface area contributed by atoms with E-state index in [0.717, 1.165) is 5.56 Å². The summed E-state index contributed by atoms with van der Waals surface area (Å²) in [6, 6.07) is 4.72. The first-order valence-corrected chi connectivity index (χ1v) is 4.14. The van der Waals surface area contributed by atoms with Crippen LogP contribution in [0.15, 0.2) is 18.2 Å². The van der Waals surface area contributed by atoms with Gasteiger partial charge in [-0.05, 0) is 24.7 Å². The Kier molecular flexibility index (Phi) is 2.03. The monoisotopic (exact) mass is 201 g/mol. The van der Waals surface area contributed by atoms with Crippen LogP contribution in [0, 0.1) is 0 Å². The number of nitrogens with one attached hydrogen (secondary N) is 1. The summed E-state index contributed by atoms with van der Waals surface area (Å²) in [6.07, 6.45) is -3.53. The molecule has 3 nitrogen and oxygen atoms in total. The van der Waals surface area contributed by atoms with E-state index < -0.39 is 6.29 Å². The molecule has 1 N–H and O–H groups in total. The molecule has 0 unspecified atom stereocenters. The van der Waals surface area contributed by atoms with Gasteiger partial charge in [-0.15, -0.1) is 8.78 Å². The highest BCUT2D eigenvalue weighted by Crippen LogP contribution is 2.41. The molecule has 0 aliphatic carbocycles. The number of hydrogen-bond acceptors (Lipinski definition) is 3. The number of hydrogen-bond donors (Lipinski definition) is 1. The van der Waals surface area contributed by atoms with Crippen molar-refractivity contribution in [2.24, 2.45) is 0 Å². The van der Waals surface area contributed by atoms with Crippen molar-refractivity contribution in [2.75, 3.05) is 7.05 Å². The minimum atomic E-state index is -3.53. The molecule has 0 atom stereocenters. The van der Waals surface area contributed by atoms with E-state index in [-0.39, 0.29) is 11.5 Å². The number of benzene rings is 1. The van der Waals surface area contributed by atoms with Gasteiger partial charge in [-0.25, -0.2) is 0 Å². The Morgan fingerprint density at radius 2 is 2.00 bits per heavy atom. The first-order valence-electron chi connectivity index (χ1n) is 4.14. The number of rotatable bonds is 2. The average Bonchev–Trinajstić information content (AvgIpc) is 2.38. The van der Waals surface area contributed by atoms with E-state index in [1.54, 1.807) is 13.1 Å². The zero-order chi connectivity index (χ0) is 10.2. The van der Waals surface area contributed by atoms with Gasteiger partial charge in [0.05, 0.1) is 0 Å². The molecule has 76 valence electrons. The SMILES string of the molecule is CNCc1ccc2c(c1)OC(F)(F)O2. The predicted molar refractivity (Wildman–Crippen MR) is 45.4 cm³/mol. The Morgan fingerprint density at radius 3 is 2.71 bits per heavy atom. The molecule has 1 aliphatic rings. The molecule has 1 aromatic carbocycles. The molecule has 0 spiro atoms. The fourth-order valence-electron chi connectivity index (χ4n) is 1.31. The van der Waals surface area contributed by atoms with Crippen LogP contribution in [-0.4, -0.2) is 13.3 Å². The summed E-state index contributed by atoms with van der Waals surface area (Å²) >= 11 is 0. The van der Waals surface area contributed by atoms with Gasteiger partial charge in [0.25, 0.3) is 0 Å². The van der Waals surface area contributed by atoms with Crippen molar-refractivity contribution < 1.29 is 18.3 Å². The van der Waals surface area contributed by atoms with Gasteiger partial charge in [-0.1, -0.05) is 6.07 Å². The normalized spacial score (nSPS) is 17.1. The van der Waals surface area contributed by atoms with E-state index >= 15 is 0 Å². The Hall–Kier alpha value is -1.36. The molecule has 1 aliphatic heterocycles. The Bertz CT molecular complexity index is 355. The summed E-state index contributed by atoms with van der Waals surface area (Å²) in [6.45, 7) is 0.599. The van der Waals surface area contributed by atoms with Crippen LogP contribution in [0.25, 0.3) is 0 Å². The van der Waals surface area contributed by atoms with Gasteiger partial charge < -0.3 is 14.8 Å². The van der Waals surface area contributed by atoms with Crippen molar-refractivity contribution in [3.05, 3.63) is 23.8 Å². The fourth-order valence-corrected chi connectivity index (χ4v) is 1.31. The lowest BCUT2D eigenvalue weighted by molar-refractivity contribution is -0.286. The first-order chi connectivity index (χ1) is 6.61. The Labute approximate surface area is 79.6 Å². The molecule has 0 amide bonds. The topological polar surface area (TPSA) is 30.5 Å². The molecule has 0 bridgehead atoms. The lowest BCUT2D eigenvalue weighted by atomic mass is 10.2. The second-order valence-corrected chi connectivity index (χ2v) is 2.98. The lowest BCUT2D eigenvalue weighted by Gasteiger charge is -2.04. The molecule has 2 rings (SSSR count). The molecule has 0 saturated heterocycles. The van der Waals surface area contributed by atoms with Gasteiger partial charge >= 0.3 is 6.29 Å². The second kappa shape index (κ2) is 3.09. The van der Waals surface area contributed by atoms with E-state index in [9.17, 15) is 8.78 Å². The van der Waals surface area contributed by atoms with Gasteiger partial charge in [-0.3, -0.25) is 0 Å². The van der Waals surface area contributed by atoms with Crippen LogP contribution < -0.4 is 14.8 Å². The molecular weight excluding hydrogens is 192 g/mol. The van der Waals surface area contributed by atoms with Crippen molar-refractivity contribution in [1.82, 2.24) is 5.32 Å². The zero-order valence-corrected chi connectivity index (χ0v) is 7.51. The Balaban J connectivity index is 2.26. The molecule has 0 fully saturated rings. The van der Waals surface area contributed by atoms with Crippen LogP contribution in [0.2, 0.25) is 0 Å². The molecular formula is C9H9F2NO2. The third kappa shape index (κ3) is 1.63. The lowest BCUT2D eigenvalue weighted by Crippen LogP contribution is -2.25. The summed E-state index contributed by atoms with van der Waals surface area (Å²) in [5.41, 5.74) is 0.868. The third-order valence-electron chi connectivity index (χ3n) is 1.85. The van der Waals surface area contributed by atoms with E-state index in [0.29, 0.717) is 6.54 Å². The molecule has 0 saturated carbocycles. The van der Waals surface area contributed by atoms with Gasteiger partial charge in [0.2, 0.25) is 0 Å². The highest BCUT2D eigenvalue weighted by molar-refractivity contribution is 5.45. The molecule has 1 aromatic rings. The summed E-state index contributed by atoms with van der Waals surface area (Å²) in [7, 11) is 1.78. The molecule has 0 aromatic heterocycles. The molecule has 14 heavy (non-hydrogen) atoms. The van der Waals surface area contributed by atoms with E-state index in [1.165, 1.54) is 12.1 Å².